The van der Waals surface area contributed by atoms with Gasteiger partial charge in [0.15, 0.2) is 11.5 Å². The van der Waals surface area contributed by atoms with Gasteiger partial charge in [0.25, 0.3) is 0 Å². The molecule has 0 bridgehead atoms. The average Bonchev–Trinajstić information content (AvgIpc) is 2.65. The van der Waals surface area contributed by atoms with Crippen LogP contribution in [0.3, 0.4) is 0 Å². The van der Waals surface area contributed by atoms with Crippen LogP contribution >= 0.6 is 0 Å². The first kappa shape index (κ1) is 19.3. The second-order valence-corrected chi connectivity index (χ2v) is 6.28. The Bertz CT molecular complexity index is 682. The fourth-order valence-electron chi connectivity index (χ4n) is 3.09. The van der Waals surface area contributed by atoms with E-state index in [1.54, 1.807) is 14.2 Å². The first-order valence-corrected chi connectivity index (χ1v) is 8.72. The van der Waals surface area contributed by atoms with Crippen LogP contribution in [-0.2, 0) is 6.42 Å². The number of benzene rings is 2. The highest BCUT2D eigenvalue weighted by atomic mass is 16.5. The van der Waals surface area contributed by atoms with E-state index in [-0.39, 0.29) is 18.7 Å². The van der Waals surface area contributed by atoms with Crippen LogP contribution in [0.4, 0.5) is 0 Å². The number of rotatable bonds is 8. The molecule has 0 saturated carbocycles. The van der Waals surface area contributed by atoms with E-state index in [4.69, 9.17) is 9.47 Å². The predicted octanol–water partition coefficient (Wildman–Crippen LogP) is 3.96. The maximum absolute atomic E-state index is 9.85. The van der Waals surface area contributed by atoms with Crippen molar-refractivity contribution in [2.75, 3.05) is 20.8 Å². The summed E-state index contributed by atoms with van der Waals surface area (Å²) in [6, 6.07) is 12.3. The van der Waals surface area contributed by atoms with Crippen LogP contribution < -0.4 is 14.8 Å². The summed E-state index contributed by atoms with van der Waals surface area (Å²) in [5.74, 6) is 1.44. The Labute approximate surface area is 150 Å². The molecule has 0 aliphatic carbocycles. The minimum absolute atomic E-state index is 0.0438. The second-order valence-electron chi connectivity index (χ2n) is 6.28. The zero-order chi connectivity index (χ0) is 18.4. The molecule has 2 aromatic rings. The molecule has 0 amide bonds. The molecule has 2 unspecified atom stereocenters. The van der Waals surface area contributed by atoms with E-state index >= 15 is 0 Å². The maximum Gasteiger partial charge on any atom is 0.161 e. The normalized spacial score (nSPS) is 13.4. The molecule has 0 aliphatic rings. The average molecular weight is 343 g/mol. The molecule has 4 heteroatoms. The second kappa shape index (κ2) is 8.88. The summed E-state index contributed by atoms with van der Waals surface area (Å²) in [6.45, 7) is 6.33. The third-order valence-electron chi connectivity index (χ3n) is 4.66. The number of nitrogens with one attached hydrogen (secondary N) is 1. The molecule has 0 radical (unpaired) electrons. The smallest absolute Gasteiger partial charge is 0.161 e. The zero-order valence-electron chi connectivity index (χ0n) is 15.8. The molecular formula is C21H29NO3. The highest BCUT2D eigenvalue weighted by Crippen LogP contribution is 2.33. The number of aliphatic hydroxyl groups excluding tert-OH is 1. The van der Waals surface area contributed by atoms with Gasteiger partial charge in [-0.2, -0.15) is 0 Å². The number of aryl methyl sites for hydroxylation is 2. The fourth-order valence-corrected chi connectivity index (χ4v) is 3.09. The topological polar surface area (TPSA) is 50.7 Å². The highest BCUT2D eigenvalue weighted by molar-refractivity contribution is 5.48. The van der Waals surface area contributed by atoms with Gasteiger partial charge in [0, 0.05) is 6.04 Å². The molecular weight excluding hydrogens is 314 g/mol. The Balaban J connectivity index is 2.22. The van der Waals surface area contributed by atoms with Crippen molar-refractivity contribution in [2.24, 2.45) is 0 Å². The lowest BCUT2D eigenvalue weighted by molar-refractivity contribution is 0.235. The molecule has 0 spiro atoms. The summed E-state index contributed by atoms with van der Waals surface area (Å²) in [7, 11) is 3.28. The summed E-state index contributed by atoms with van der Waals surface area (Å²) in [6.07, 6.45) is 1.01. The van der Waals surface area contributed by atoms with E-state index in [0.29, 0.717) is 5.75 Å². The molecule has 136 valence electrons. The molecule has 2 rings (SSSR count). The third kappa shape index (κ3) is 4.53. The van der Waals surface area contributed by atoms with E-state index in [9.17, 15) is 5.11 Å². The summed E-state index contributed by atoms with van der Waals surface area (Å²) < 4.78 is 10.8. The van der Waals surface area contributed by atoms with Gasteiger partial charge < -0.3 is 19.9 Å². The van der Waals surface area contributed by atoms with Gasteiger partial charge in [-0.25, -0.2) is 0 Å². The molecule has 25 heavy (non-hydrogen) atoms. The first-order chi connectivity index (χ1) is 12.0. The monoisotopic (exact) mass is 343 g/mol. The Morgan fingerprint density at radius 3 is 2.16 bits per heavy atom. The van der Waals surface area contributed by atoms with Crippen molar-refractivity contribution in [3.63, 3.8) is 0 Å². The molecule has 0 fully saturated rings. The minimum atomic E-state index is -0.117. The van der Waals surface area contributed by atoms with Gasteiger partial charge in [-0.1, -0.05) is 31.2 Å². The van der Waals surface area contributed by atoms with Crippen LogP contribution in [0.25, 0.3) is 0 Å². The Kier molecular flexibility index (Phi) is 6.85. The van der Waals surface area contributed by atoms with Crippen molar-refractivity contribution in [3.8, 4) is 11.5 Å². The molecule has 2 N–H and O–H groups in total. The molecule has 2 aromatic carbocycles. The van der Waals surface area contributed by atoms with E-state index in [0.717, 1.165) is 28.9 Å². The first-order valence-electron chi connectivity index (χ1n) is 8.72. The number of hydrogen-bond acceptors (Lipinski definition) is 4. The predicted molar refractivity (Wildman–Crippen MR) is 101 cm³/mol. The standard InChI is InChI=1S/C21H29NO3/c1-6-16-7-9-17(10-8-16)19(13-23)22-15(3)18-12-21(25-5)20(24-4)11-14(18)2/h7-12,15,19,22-23H,6,13H2,1-5H3. The molecule has 4 nitrogen and oxygen atoms in total. The SMILES string of the molecule is CCc1ccc(C(CO)NC(C)c2cc(OC)c(OC)cc2C)cc1. The Morgan fingerprint density at radius 2 is 1.64 bits per heavy atom. The molecule has 0 saturated heterocycles. The summed E-state index contributed by atoms with van der Waals surface area (Å²) >= 11 is 0. The van der Waals surface area contributed by atoms with Crippen molar-refractivity contribution < 1.29 is 14.6 Å². The van der Waals surface area contributed by atoms with Crippen molar-refractivity contribution in [1.82, 2.24) is 5.32 Å². The Morgan fingerprint density at radius 1 is 1.04 bits per heavy atom. The van der Waals surface area contributed by atoms with Crippen LogP contribution in [0, 0.1) is 6.92 Å². The van der Waals surface area contributed by atoms with Gasteiger partial charge in [0.1, 0.15) is 0 Å². The van der Waals surface area contributed by atoms with Gasteiger partial charge >= 0.3 is 0 Å². The lowest BCUT2D eigenvalue weighted by atomic mass is 9.98. The number of hydrogen-bond donors (Lipinski definition) is 2. The van der Waals surface area contributed by atoms with Gasteiger partial charge in [0.2, 0.25) is 0 Å². The third-order valence-corrected chi connectivity index (χ3v) is 4.66. The van der Waals surface area contributed by atoms with Crippen LogP contribution in [0.15, 0.2) is 36.4 Å². The lowest BCUT2D eigenvalue weighted by Gasteiger charge is -2.24. The number of aliphatic hydroxyl groups is 1. The number of methoxy groups -OCH3 is 2. The zero-order valence-corrected chi connectivity index (χ0v) is 15.8. The van der Waals surface area contributed by atoms with Crippen LogP contribution in [0.2, 0.25) is 0 Å². The van der Waals surface area contributed by atoms with Crippen molar-refractivity contribution in [1.29, 1.82) is 0 Å². The Hall–Kier alpha value is -2.04. The van der Waals surface area contributed by atoms with Crippen molar-refractivity contribution >= 4 is 0 Å². The summed E-state index contributed by atoms with van der Waals surface area (Å²) in [5, 5.41) is 13.4. The lowest BCUT2D eigenvalue weighted by Crippen LogP contribution is -2.27. The minimum Gasteiger partial charge on any atom is -0.493 e. The van der Waals surface area contributed by atoms with Crippen molar-refractivity contribution in [3.05, 3.63) is 58.7 Å². The van der Waals surface area contributed by atoms with Crippen molar-refractivity contribution in [2.45, 2.75) is 39.3 Å². The molecule has 0 aromatic heterocycles. The largest absolute Gasteiger partial charge is 0.493 e. The molecule has 2 atom stereocenters. The van der Waals surface area contributed by atoms with Gasteiger partial charge in [-0.15, -0.1) is 0 Å². The van der Waals surface area contributed by atoms with E-state index in [1.807, 2.05) is 12.1 Å². The fraction of sp³-hybridized carbons (Fsp3) is 0.429. The van der Waals surface area contributed by atoms with E-state index in [1.165, 1.54) is 5.56 Å². The van der Waals surface area contributed by atoms with Gasteiger partial charge in [-0.3, -0.25) is 0 Å². The van der Waals surface area contributed by atoms with Gasteiger partial charge in [-0.05, 0) is 54.7 Å². The molecule has 0 aliphatic heterocycles. The van der Waals surface area contributed by atoms with Gasteiger partial charge in [0.05, 0.1) is 26.9 Å². The van der Waals surface area contributed by atoms with E-state index < -0.39 is 0 Å². The van der Waals surface area contributed by atoms with Crippen LogP contribution in [0.1, 0.15) is 48.2 Å². The van der Waals surface area contributed by atoms with E-state index in [2.05, 4.69) is 50.4 Å². The van der Waals surface area contributed by atoms with Crippen LogP contribution in [-0.4, -0.2) is 25.9 Å². The quantitative estimate of drug-likeness (QED) is 0.762. The molecule has 0 heterocycles. The summed E-state index contributed by atoms with van der Waals surface area (Å²) in [5.41, 5.74) is 4.63. The highest BCUT2D eigenvalue weighted by Gasteiger charge is 2.18. The number of ether oxygens (including phenoxy) is 2. The maximum atomic E-state index is 9.85. The van der Waals surface area contributed by atoms with Crippen LogP contribution in [0.5, 0.6) is 11.5 Å². The summed E-state index contributed by atoms with van der Waals surface area (Å²) in [4.78, 5) is 0.